The summed E-state index contributed by atoms with van der Waals surface area (Å²) in [7, 11) is 0. The second kappa shape index (κ2) is 4.20. The van der Waals surface area contributed by atoms with Gasteiger partial charge in [-0.15, -0.1) is 0 Å². The summed E-state index contributed by atoms with van der Waals surface area (Å²) in [5.41, 5.74) is 0.502. The highest BCUT2D eigenvalue weighted by Crippen LogP contribution is 2.39. The molecule has 1 aromatic rings. The zero-order valence-corrected chi connectivity index (χ0v) is 9.69. The smallest absolute Gasteiger partial charge is 0.325 e. The number of aromatic nitrogens is 1. The van der Waals surface area contributed by atoms with Crippen molar-refractivity contribution in [1.82, 2.24) is 10.3 Å². The number of aryl methyl sites for hydroxylation is 1. The molecule has 0 saturated heterocycles. The topological polar surface area (TPSA) is 92.4 Å². The van der Waals surface area contributed by atoms with Crippen LogP contribution in [0.5, 0.6) is 0 Å². The number of carbonyl (C=O) groups excluding carboxylic acids is 1. The van der Waals surface area contributed by atoms with E-state index in [0.29, 0.717) is 17.5 Å². The molecule has 1 fully saturated rings. The summed E-state index contributed by atoms with van der Waals surface area (Å²) in [5.74, 6) is -0.600. The van der Waals surface area contributed by atoms with E-state index >= 15 is 0 Å². The largest absolute Gasteiger partial charge is 0.480 e. The number of hydrogen-bond donors (Lipinski definition) is 2. The standard InChI is InChI=1S/C11H14N2O4/c1-5-8(9(14)12-6(2)11(15)16)17-10(13-5)7-3-4-7/h6-7H,3-4H2,1-2H3,(H,12,14)(H,15,16). The lowest BCUT2D eigenvalue weighted by Crippen LogP contribution is -2.38. The second-order valence-electron chi connectivity index (χ2n) is 4.27. The minimum absolute atomic E-state index is 0.111. The highest BCUT2D eigenvalue weighted by Gasteiger charge is 2.31. The van der Waals surface area contributed by atoms with Crippen molar-refractivity contribution in [3.05, 3.63) is 17.3 Å². The molecule has 1 atom stereocenters. The van der Waals surface area contributed by atoms with Crippen LogP contribution in [0, 0.1) is 6.92 Å². The van der Waals surface area contributed by atoms with Gasteiger partial charge in [0.15, 0.2) is 5.89 Å². The lowest BCUT2D eigenvalue weighted by molar-refractivity contribution is -0.138. The van der Waals surface area contributed by atoms with Crippen LogP contribution in [0.1, 0.15) is 47.8 Å². The van der Waals surface area contributed by atoms with Crippen LogP contribution in [0.15, 0.2) is 4.42 Å². The molecule has 6 nitrogen and oxygen atoms in total. The van der Waals surface area contributed by atoms with E-state index in [9.17, 15) is 9.59 Å². The van der Waals surface area contributed by atoms with Gasteiger partial charge in [-0.25, -0.2) is 4.98 Å². The molecule has 1 amide bonds. The molecule has 2 N–H and O–H groups in total. The van der Waals surface area contributed by atoms with Gasteiger partial charge in [-0.1, -0.05) is 0 Å². The molecule has 1 aromatic heterocycles. The van der Waals surface area contributed by atoms with Gasteiger partial charge in [-0.05, 0) is 26.7 Å². The molecule has 0 spiro atoms. The molecule has 92 valence electrons. The summed E-state index contributed by atoms with van der Waals surface area (Å²) in [4.78, 5) is 26.5. The zero-order chi connectivity index (χ0) is 12.6. The van der Waals surface area contributed by atoms with E-state index in [-0.39, 0.29) is 5.76 Å². The molecule has 0 bridgehead atoms. The van der Waals surface area contributed by atoms with Crippen LogP contribution in [-0.2, 0) is 4.79 Å². The summed E-state index contributed by atoms with van der Waals surface area (Å²) in [6, 6.07) is -0.948. The minimum atomic E-state index is -1.09. The number of aliphatic carboxylic acids is 1. The number of carbonyl (C=O) groups is 2. The highest BCUT2D eigenvalue weighted by molar-refractivity contribution is 5.94. The van der Waals surface area contributed by atoms with E-state index in [2.05, 4.69) is 10.3 Å². The number of hydrogen-bond acceptors (Lipinski definition) is 4. The SMILES string of the molecule is Cc1nc(C2CC2)oc1C(=O)NC(C)C(=O)O. The lowest BCUT2D eigenvalue weighted by atomic mass is 10.3. The van der Waals surface area contributed by atoms with Gasteiger partial charge in [0.25, 0.3) is 5.91 Å². The summed E-state index contributed by atoms with van der Waals surface area (Å²) in [6.45, 7) is 3.07. The Kier molecular flexibility index (Phi) is 2.87. The van der Waals surface area contributed by atoms with Crippen LogP contribution in [0.25, 0.3) is 0 Å². The number of oxazole rings is 1. The molecule has 1 heterocycles. The van der Waals surface area contributed by atoms with Gasteiger partial charge < -0.3 is 14.8 Å². The molecule has 1 aliphatic carbocycles. The number of nitrogens with one attached hydrogen (secondary N) is 1. The van der Waals surface area contributed by atoms with E-state index in [1.54, 1.807) is 6.92 Å². The lowest BCUT2D eigenvalue weighted by Gasteiger charge is -2.07. The summed E-state index contributed by atoms with van der Waals surface area (Å²) in [5, 5.41) is 11.0. The second-order valence-corrected chi connectivity index (χ2v) is 4.27. The third-order valence-corrected chi connectivity index (χ3v) is 2.66. The maximum absolute atomic E-state index is 11.7. The van der Waals surface area contributed by atoms with Crippen molar-refractivity contribution >= 4 is 11.9 Å². The summed E-state index contributed by atoms with van der Waals surface area (Å²) >= 11 is 0. The minimum Gasteiger partial charge on any atom is -0.480 e. The van der Waals surface area contributed by atoms with Crippen molar-refractivity contribution in [3.63, 3.8) is 0 Å². The first-order chi connectivity index (χ1) is 7.99. The normalized spacial score (nSPS) is 16.6. The predicted molar refractivity (Wildman–Crippen MR) is 57.8 cm³/mol. The third kappa shape index (κ3) is 2.46. The van der Waals surface area contributed by atoms with Crippen molar-refractivity contribution in [2.24, 2.45) is 0 Å². The Balaban J connectivity index is 2.10. The molecule has 6 heteroatoms. The average Bonchev–Trinajstić information content (AvgIpc) is 3.02. The van der Waals surface area contributed by atoms with Gasteiger partial charge in [0.05, 0.1) is 5.69 Å². The predicted octanol–water partition coefficient (Wildman–Crippen LogP) is 1.06. The number of nitrogens with zero attached hydrogens (tertiary/aromatic N) is 1. The number of carboxylic acids is 1. The number of rotatable bonds is 4. The van der Waals surface area contributed by atoms with E-state index in [1.807, 2.05) is 0 Å². The molecule has 1 saturated carbocycles. The maximum atomic E-state index is 11.7. The van der Waals surface area contributed by atoms with Gasteiger partial charge in [0.2, 0.25) is 5.76 Å². The highest BCUT2D eigenvalue weighted by atomic mass is 16.4. The van der Waals surface area contributed by atoms with Crippen molar-refractivity contribution in [2.45, 2.75) is 38.6 Å². The Morgan fingerprint density at radius 2 is 2.18 bits per heavy atom. The van der Waals surface area contributed by atoms with Gasteiger partial charge >= 0.3 is 5.97 Å². The molecule has 2 rings (SSSR count). The average molecular weight is 238 g/mol. The molecule has 17 heavy (non-hydrogen) atoms. The van der Waals surface area contributed by atoms with Crippen LogP contribution in [-0.4, -0.2) is 28.0 Å². The molecule has 1 unspecified atom stereocenters. The van der Waals surface area contributed by atoms with E-state index in [1.165, 1.54) is 6.92 Å². The van der Waals surface area contributed by atoms with Crippen molar-refractivity contribution in [2.75, 3.05) is 0 Å². The maximum Gasteiger partial charge on any atom is 0.325 e. The van der Waals surface area contributed by atoms with Gasteiger partial charge in [-0.2, -0.15) is 0 Å². The van der Waals surface area contributed by atoms with Crippen molar-refractivity contribution in [3.8, 4) is 0 Å². The number of amides is 1. The first-order valence-corrected chi connectivity index (χ1v) is 5.50. The van der Waals surface area contributed by atoms with Gasteiger partial charge in [0, 0.05) is 5.92 Å². The number of carboxylic acid groups (broad SMARTS) is 1. The molecule has 0 aromatic carbocycles. The van der Waals surface area contributed by atoms with E-state index in [4.69, 9.17) is 9.52 Å². The van der Waals surface area contributed by atoms with E-state index in [0.717, 1.165) is 12.8 Å². The summed E-state index contributed by atoms with van der Waals surface area (Å²) < 4.78 is 5.36. The summed E-state index contributed by atoms with van der Waals surface area (Å²) in [6.07, 6.45) is 2.07. The van der Waals surface area contributed by atoms with E-state index < -0.39 is 17.9 Å². The van der Waals surface area contributed by atoms with Crippen LogP contribution < -0.4 is 5.32 Å². The Morgan fingerprint density at radius 3 is 2.71 bits per heavy atom. The molecule has 1 aliphatic rings. The third-order valence-electron chi connectivity index (χ3n) is 2.66. The van der Waals surface area contributed by atoms with Crippen molar-refractivity contribution in [1.29, 1.82) is 0 Å². The molecule has 0 radical (unpaired) electrons. The van der Waals surface area contributed by atoms with Crippen LogP contribution in [0.2, 0.25) is 0 Å². The Hall–Kier alpha value is -1.85. The monoisotopic (exact) mass is 238 g/mol. The van der Waals surface area contributed by atoms with Gasteiger partial charge in [0.1, 0.15) is 6.04 Å². The fraction of sp³-hybridized carbons (Fsp3) is 0.545. The first-order valence-electron chi connectivity index (χ1n) is 5.50. The quantitative estimate of drug-likeness (QED) is 0.818. The van der Waals surface area contributed by atoms with Crippen LogP contribution >= 0.6 is 0 Å². The van der Waals surface area contributed by atoms with Crippen LogP contribution in [0.4, 0.5) is 0 Å². The first kappa shape index (κ1) is 11.6. The Bertz CT molecular complexity index is 462. The Morgan fingerprint density at radius 1 is 1.53 bits per heavy atom. The Labute approximate surface area is 98.0 Å². The van der Waals surface area contributed by atoms with Gasteiger partial charge in [-0.3, -0.25) is 9.59 Å². The molecular weight excluding hydrogens is 224 g/mol. The van der Waals surface area contributed by atoms with Crippen molar-refractivity contribution < 1.29 is 19.1 Å². The fourth-order valence-corrected chi connectivity index (χ4v) is 1.46. The fourth-order valence-electron chi connectivity index (χ4n) is 1.46. The zero-order valence-electron chi connectivity index (χ0n) is 9.69. The molecular formula is C11H14N2O4. The molecule has 0 aliphatic heterocycles. The van der Waals surface area contributed by atoms with Crippen LogP contribution in [0.3, 0.4) is 0 Å².